The van der Waals surface area contributed by atoms with Gasteiger partial charge in [0.05, 0.1) is 17.9 Å². The molecule has 0 aromatic carbocycles. The molecule has 4 rings (SSSR count). The average molecular weight is 276 g/mol. The standard InChI is InChI=1S/C15H20N2O3/c1-15(2,3)14(20)17-7-8-5-6-9(17)11-10(8)12(18)16(4)13(11)19/h5-6,8-11H,7H2,1-4H3. The van der Waals surface area contributed by atoms with E-state index >= 15 is 0 Å². The van der Waals surface area contributed by atoms with Crippen LogP contribution in [0.25, 0.3) is 0 Å². The quantitative estimate of drug-likeness (QED) is 0.482. The summed E-state index contributed by atoms with van der Waals surface area (Å²) in [5, 5.41) is 0. The molecule has 3 aliphatic heterocycles. The lowest BCUT2D eigenvalue weighted by Crippen LogP contribution is -2.59. The molecule has 4 unspecified atom stereocenters. The van der Waals surface area contributed by atoms with Crippen molar-refractivity contribution in [3.05, 3.63) is 12.2 Å². The molecule has 4 aliphatic rings. The van der Waals surface area contributed by atoms with E-state index in [9.17, 15) is 14.4 Å². The number of hydrogen-bond acceptors (Lipinski definition) is 3. The SMILES string of the molecule is CN1C(=O)C2C3C=CC(C2C1=O)N(C(=O)C(C)(C)C)C3. The lowest BCUT2D eigenvalue weighted by Gasteiger charge is -2.48. The minimum absolute atomic E-state index is 0.0299. The van der Waals surface area contributed by atoms with Crippen LogP contribution in [0.15, 0.2) is 12.2 Å². The molecule has 2 fully saturated rings. The second-order valence-electron chi connectivity index (χ2n) is 7.03. The summed E-state index contributed by atoms with van der Waals surface area (Å²) in [5.41, 5.74) is -0.474. The van der Waals surface area contributed by atoms with E-state index in [1.807, 2.05) is 32.9 Å². The van der Waals surface area contributed by atoms with Gasteiger partial charge in [-0.3, -0.25) is 19.3 Å². The van der Waals surface area contributed by atoms with E-state index in [0.717, 1.165) is 0 Å². The Morgan fingerprint density at radius 3 is 2.35 bits per heavy atom. The number of fused-ring (bicyclic) bond motifs is 1. The Kier molecular flexibility index (Phi) is 2.62. The number of rotatable bonds is 0. The van der Waals surface area contributed by atoms with Gasteiger partial charge in [-0.25, -0.2) is 0 Å². The molecular formula is C15H20N2O3. The van der Waals surface area contributed by atoms with Crippen LogP contribution in [-0.4, -0.2) is 47.2 Å². The molecular weight excluding hydrogens is 256 g/mol. The van der Waals surface area contributed by atoms with Crippen molar-refractivity contribution in [2.24, 2.45) is 23.2 Å². The monoisotopic (exact) mass is 276 g/mol. The van der Waals surface area contributed by atoms with Gasteiger partial charge in [0.2, 0.25) is 17.7 Å². The molecule has 2 saturated heterocycles. The van der Waals surface area contributed by atoms with Crippen molar-refractivity contribution in [1.82, 2.24) is 9.80 Å². The number of hydrogen-bond donors (Lipinski definition) is 0. The Morgan fingerprint density at radius 2 is 1.75 bits per heavy atom. The first-order valence-electron chi connectivity index (χ1n) is 7.04. The number of imide groups is 1. The summed E-state index contributed by atoms with van der Waals surface area (Å²) in [6, 6.07) is -0.266. The molecule has 0 spiro atoms. The second-order valence-corrected chi connectivity index (χ2v) is 7.03. The predicted octanol–water partition coefficient (Wildman–Crippen LogP) is 0.660. The minimum atomic E-state index is -0.474. The number of amides is 3. The first-order chi connectivity index (χ1) is 9.23. The topological polar surface area (TPSA) is 57.7 Å². The number of nitrogens with zero attached hydrogens (tertiary/aromatic N) is 2. The van der Waals surface area contributed by atoms with Gasteiger partial charge in [-0.1, -0.05) is 32.9 Å². The predicted molar refractivity (Wildman–Crippen MR) is 72.3 cm³/mol. The van der Waals surface area contributed by atoms with Crippen molar-refractivity contribution in [2.75, 3.05) is 13.6 Å². The molecule has 20 heavy (non-hydrogen) atoms. The zero-order valence-electron chi connectivity index (χ0n) is 12.3. The first kappa shape index (κ1) is 13.3. The van der Waals surface area contributed by atoms with Crippen LogP contribution in [0.1, 0.15) is 20.8 Å². The number of likely N-dealkylation sites (tertiary alicyclic amines) is 1. The molecule has 5 nitrogen and oxygen atoms in total. The maximum absolute atomic E-state index is 12.5. The highest BCUT2D eigenvalue weighted by atomic mass is 16.2. The second kappa shape index (κ2) is 3.93. The Hall–Kier alpha value is -1.65. The molecule has 0 aromatic rings. The smallest absolute Gasteiger partial charge is 0.235 e. The van der Waals surface area contributed by atoms with E-state index in [1.54, 1.807) is 11.9 Å². The van der Waals surface area contributed by atoms with Crippen molar-refractivity contribution in [3.8, 4) is 0 Å². The summed E-state index contributed by atoms with van der Waals surface area (Å²) in [4.78, 5) is 40.0. The van der Waals surface area contributed by atoms with E-state index in [2.05, 4.69) is 0 Å². The van der Waals surface area contributed by atoms with Crippen molar-refractivity contribution >= 4 is 17.7 Å². The summed E-state index contributed by atoms with van der Waals surface area (Å²) in [6.07, 6.45) is 3.94. The lowest BCUT2D eigenvalue weighted by atomic mass is 9.69. The molecule has 0 N–H and O–H groups in total. The van der Waals surface area contributed by atoms with Crippen LogP contribution < -0.4 is 0 Å². The third-order valence-electron chi connectivity index (χ3n) is 4.67. The molecule has 3 amide bonds. The summed E-state index contributed by atoms with van der Waals surface area (Å²) in [7, 11) is 1.54. The highest BCUT2D eigenvalue weighted by molar-refractivity contribution is 6.06. The Balaban J connectivity index is 1.97. The number of carbonyl (C=O) groups is 3. The third-order valence-corrected chi connectivity index (χ3v) is 4.67. The third kappa shape index (κ3) is 1.58. The number of carbonyl (C=O) groups excluding carboxylic acids is 3. The Labute approximate surface area is 118 Å². The Morgan fingerprint density at radius 1 is 1.15 bits per heavy atom. The van der Waals surface area contributed by atoms with Gasteiger partial charge >= 0.3 is 0 Å². The molecule has 1 aliphatic carbocycles. The van der Waals surface area contributed by atoms with E-state index in [0.29, 0.717) is 6.54 Å². The van der Waals surface area contributed by atoms with Gasteiger partial charge in [0.15, 0.2) is 0 Å². The normalized spacial score (nSPS) is 35.8. The molecule has 0 saturated carbocycles. The highest BCUT2D eigenvalue weighted by Crippen LogP contribution is 2.45. The van der Waals surface area contributed by atoms with Gasteiger partial charge in [-0.05, 0) is 0 Å². The van der Waals surface area contributed by atoms with Crippen molar-refractivity contribution in [3.63, 3.8) is 0 Å². The molecule has 0 aromatic heterocycles. The van der Waals surface area contributed by atoms with Crippen molar-refractivity contribution in [1.29, 1.82) is 0 Å². The summed E-state index contributed by atoms with van der Waals surface area (Å²) < 4.78 is 0. The minimum Gasteiger partial charge on any atom is -0.334 e. The fourth-order valence-electron chi connectivity index (χ4n) is 3.64. The van der Waals surface area contributed by atoms with Crippen LogP contribution in [0.5, 0.6) is 0 Å². The molecule has 3 heterocycles. The van der Waals surface area contributed by atoms with Crippen molar-refractivity contribution < 1.29 is 14.4 Å². The fraction of sp³-hybridized carbons (Fsp3) is 0.667. The maximum Gasteiger partial charge on any atom is 0.235 e. The largest absolute Gasteiger partial charge is 0.334 e. The molecule has 0 radical (unpaired) electrons. The van der Waals surface area contributed by atoms with Gasteiger partial charge in [0.25, 0.3) is 0 Å². The maximum atomic E-state index is 12.5. The van der Waals surface area contributed by atoms with Crippen LogP contribution in [0.2, 0.25) is 0 Å². The van der Waals surface area contributed by atoms with Crippen molar-refractivity contribution in [2.45, 2.75) is 26.8 Å². The van der Waals surface area contributed by atoms with E-state index < -0.39 is 5.41 Å². The van der Waals surface area contributed by atoms with Gasteiger partial charge in [0.1, 0.15) is 0 Å². The fourth-order valence-corrected chi connectivity index (χ4v) is 3.64. The van der Waals surface area contributed by atoms with Crippen LogP contribution in [-0.2, 0) is 14.4 Å². The van der Waals surface area contributed by atoms with Gasteiger partial charge < -0.3 is 4.90 Å². The highest BCUT2D eigenvalue weighted by Gasteiger charge is 2.59. The van der Waals surface area contributed by atoms with E-state index in [1.165, 1.54) is 4.90 Å². The Bertz CT molecular complexity index is 532. The van der Waals surface area contributed by atoms with E-state index in [-0.39, 0.29) is 41.5 Å². The molecule has 4 atom stereocenters. The average Bonchev–Trinajstić information content (AvgIpc) is 2.64. The van der Waals surface area contributed by atoms with Crippen LogP contribution in [0.3, 0.4) is 0 Å². The summed E-state index contributed by atoms with van der Waals surface area (Å²) in [5.74, 6) is -0.884. The van der Waals surface area contributed by atoms with Gasteiger partial charge in [0, 0.05) is 24.9 Å². The molecule has 5 heteroatoms. The zero-order chi connectivity index (χ0) is 14.8. The lowest BCUT2D eigenvalue weighted by molar-refractivity contribution is -0.149. The zero-order valence-corrected chi connectivity index (χ0v) is 12.3. The molecule has 2 bridgehead atoms. The first-order valence-corrected chi connectivity index (χ1v) is 7.04. The van der Waals surface area contributed by atoms with E-state index in [4.69, 9.17) is 0 Å². The molecule has 108 valence electrons. The number of piperidine rings is 1. The van der Waals surface area contributed by atoms with Crippen LogP contribution in [0.4, 0.5) is 0 Å². The van der Waals surface area contributed by atoms with Gasteiger partial charge in [-0.2, -0.15) is 0 Å². The van der Waals surface area contributed by atoms with Gasteiger partial charge in [-0.15, -0.1) is 0 Å². The summed E-state index contributed by atoms with van der Waals surface area (Å²) >= 11 is 0. The van der Waals surface area contributed by atoms with Crippen LogP contribution >= 0.6 is 0 Å². The summed E-state index contributed by atoms with van der Waals surface area (Å²) in [6.45, 7) is 6.19. The van der Waals surface area contributed by atoms with Crippen LogP contribution in [0, 0.1) is 23.2 Å².